The minimum Gasteiger partial charge on any atom is -0.322 e. The van der Waals surface area contributed by atoms with E-state index in [1.165, 1.54) is 32.3 Å². The van der Waals surface area contributed by atoms with Crippen LogP contribution >= 0.6 is 0 Å². The van der Waals surface area contributed by atoms with E-state index in [4.69, 9.17) is 0 Å². The number of aromatic nitrogens is 2. The first-order valence-corrected chi connectivity index (χ1v) is 11.2. The Kier molecular flexibility index (Phi) is 6.42. The van der Waals surface area contributed by atoms with Gasteiger partial charge in [-0.2, -0.15) is 5.10 Å². The molecule has 0 aliphatic rings. The van der Waals surface area contributed by atoms with Gasteiger partial charge >= 0.3 is 0 Å². The zero-order valence-corrected chi connectivity index (χ0v) is 19.1. The number of rotatable bonds is 6. The standard InChI is InChI=1S/C23H26N4O3S/c1-16-11-12-20(31(29,30)26(4)5)15-22(16)24-23(28)14-13-21-17(2)25-27(18(21)3)19-9-7-6-8-10-19/h6-15H,1-5H3,(H,24,28)/b14-13+. The molecular weight excluding hydrogens is 412 g/mol. The Bertz CT molecular complexity index is 1240. The van der Waals surface area contributed by atoms with Crippen molar-refractivity contribution in [3.05, 3.63) is 77.1 Å². The highest BCUT2D eigenvalue weighted by Crippen LogP contribution is 2.23. The second kappa shape index (κ2) is 8.87. The van der Waals surface area contributed by atoms with Gasteiger partial charge in [-0.25, -0.2) is 17.4 Å². The minimum atomic E-state index is -3.59. The topological polar surface area (TPSA) is 84.3 Å². The van der Waals surface area contributed by atoms with E-state index in [1.807, 2.05) is 55.8 Å². The predicted octanol–water partition coefficient (Wildman–Crippen LogP) is 3.70. The summed E-state index contributed by atoms with van der Waals surface area (Å²) in [5, 5.41) is 7.35. The number of anilines is 1. The van der Waals surface area contributed by atoms with E-state index < -0.39 is 10.0 Å². The van der Waals surface area contributed by atoms with Crippen molar-refractivity contribution in [1.82, 2.24) is 14.1 Å². The fourth-order valence-electron chi connectivity index (χ4n) is 3.16. The van der Waals surface area contributed by atoms with Gasteiger partial charge in [0.05, 0.1) is 16.3 Å². The Morgan fingerprint density at radius 2 is 1.74 bits per heavy atom. The normalized spacial score (nSPS) is 11.9. The van der Waals surface area contributed by atoms with Crippen LogP contribution in [-0.4, -0.2) is 42.5 Å². The number of aryl methyl sites for hydroxylation is 2. The third kappa shape index (κ3) is 4.76. The Morgan fingerprint density at radius 1 is 1.06 bits per heavy atom. The maximum atomic E-state index is 12.5. The first-order chi connectivity index (χ1) is 14.6. The lowest BCUT2D eigenvalue weighted by Crippen LogP contribution is -2.22. The summed E-state index contributed by atoms with van der Waals surface area (Å²) in [4.78, 5) is 12.7. The summed E-state index contributed by atoms with van der Waals surface area (Å²) >= 11 is 0. The van der Waals surface area contributed by atoms with Crippen molar-refractivity contribution < 1.29 is 13.2 Å². The largest absolute Gasteiger partial charge is 0.322 e. The van der Waals surface area contributed by atoms with Crippen LogP contribution < -0.4 is 5.32 Å². The van der Waals surface area contributed by atoms with E-state index in [-0.39, 0.29) is 10.8 Å². The summed E-state index contributed by atoms with van der Waals surface area (Å²) in [6.45, 7) is 5.65. The lowest BCUT2D eigenvalue weighted by atomic mass is 10.1. The zero-order chi connectivity index (χ0) is 22.8. The molecule has 3 aromatic rings. The number of amides is 1. The molecule has 1 aromatic heterocycles. The molecule has 7 nitrogen and oxygen atoms in total. The molecule has 0 spiro atoms. The van der Waals surface area contributed by atoms with Crippen LogP contribution in [0.1, 0.15) is 22.5 Å². The quantitative estimate of drug-likeness (QED) is 0.595. The number of carbonyl (C=O) groups excluding carboxylic acids is 1. The number of hydrogen-bond donors (Lipinski definition) is 1. The van der Waals surface area contributed by atoms with Gasteiger partial charge in [0.25, 0.3) is 0 Å². The summed E-state index contributed by atoms with van der Waals surface area (Å²) in [6, 6.07) is 14.5. The van der Waals surface area contributed by atoms with Gasteiger partial charge < -0.3 is 5.32 Å². The number of nitrogens with one attached hydrogen (secondary N) is 1. The molecule has 1 heterocycles. The van der Waals surface area contributed by atoms with E-state index in [9.17, 15) is 13.2 Å². The van der Waals surface area contributed by atoms with Crippen molar-refractivity contribution in [1.29, 1.82) is 0 Å². The van der Waals surface area contributed by atoms with Crippen molar-refractivity contribution in [2.75, 3.05) is 19.4 Å². The predicted molar refractivity (Wildman–Crippen MR) is 123 cm³/mol. The summed E-state index contributed by atoms with van der Waals surface area (Å²) in [5.41, 5.74) is 4.75. The molecule has 0 bridgehead atoms. The zero-order valence-electron chi connectivity index (χ0n) is 18.2. The van der Waals surface area contributed by atoms with E-state index in [1.54, 1.807) is 12.1 Å². The molecule has 0 aliphatic carbocycles. The Balaban J connectivity index is 1.83. The van der Waals surface area contributed by atoms with Gasteiger partial charge in [0.2, 0.25) is 15.9 Å². The van der Waals surface area contributed by atoms with Gasteiger partial charge in [0.15, 0.2) is 0 Å². The van der Waals surface area contributed by atoms with E-state index >= 15 is 0 Å². The Hall–Kier alpha value is -3.23. The third-order valence-corrected chi connectivity index (χ3v) is 6.81. The molecule has 0 radical (unpaired) electrons. The van der Waals surface area contributed by atoms with E-state index in [0.29, 0.717) is 5.69 Å². The second-order valence-corrected chi connectivity index (χ2v) is 9.57. The molecule has 1 N–H and O–H groups in total. The third-order valence-electron chi connectivity index (χ3n) is 4.99. The molecule has 0 aliphatic heterocycles. The molecule has 31 heavy (non-hydrogen) atoms. The maximum absolute atomic E-state index is 12.5. The van der Waals surface area contributed by atoms with E-state index in [0.717, 1.165) is 32.5 Å². The van der Waals surface area contributed by atoms with Crippen LogP contribution in [0, 0.1) is 20.8 Å². The summed E-state index contributed by atoms with van der Waals surface area (Å²) in [5.74, 6) is -0.353. The lowest BCUT2D eigenvalue weighted by molar-refractivity contribution is -0.111. The molecule has 0 saturated carbocycles. The first kappa shape index (κ1) is 22.5. The number of carbonyl (C=O) groups is 1. The van der Waals surface area contributed by atoms with Gasteiger partial charge in [0, 0.05) is 37.1 Å². The lowest BCUT2D eigenvalue weighted by Gasteiger charge is -2.14. The van der Waals surface area contributed by atoms with Gasteiger partial charge in [0.1, 0.15) is 0 Å². The van der Waals surface area contributed by atoms with Crippen LogP contribution in [0.3, 0.4) is 0 Å². The van der Waals surface area contributed by atoms with Gasteiger partial charge in [-0.1, -0.05) is 24.3 Å². The van der Waals surface area contributed by atoms with Crippen LogP contribution in [0.15, 0.2) is 59.5 Å². The number of benzene rings is 2. The van der Waals surface area contributed by atoms with Crippen molar-refractivity contribution in [2.45, 2.75) is 25.7 Å². The maximum Gasteiger partial charge on any atom is 0.248 e. The van der Waals surface area contributed by atoms with Crippen LogP contribution in [0.2, 0.25) is 0 Å². The molecule has 2 aromatic carbocycles. The Labute approximate surface area is 183 Å². The Morgan fingerprint density at radius 3 is 2.39 bits per heavy atom. The monoisotopic (exact) mass is 438 g/mol. The molecule has 0 fully saturated rings. The number of hydrogen-bond acceptors (Lipinski definition) is 4. The highest BCUT2D eigenvalue weighted by Gasteiger charge is 2.18. The van der Waals surface area contributed by atoms with Gasteiger partial charge in [-0.05, 0) is 56.7 Å². The van der Waals surface area contributed by atoms with Crippen LogP contribution in [0.5, 0.6) is 0 Å². The highest BCUT2D eigenvalue weighted by molar-refractivity contribution is 7.89. The SMILES string of the molecule is Cc1ccc(S(=O)(=O)N(C)C)cc1NC(=O)/C=C/c1c(C)nn(-c2ccccc2)c1C. The van der Waals surface area contributed by atoms with E-state index in [2.05, 4.69) is 10.4 Å². The summed E-state index contributed by atoms with van der Waals surface area (Å²) in [6.07, 6.45) is 3.15. The van der Waals surface area contributed by atoms with Crippen LogP contribution in [0.25, 0.3) is 11.8 Å². The smallest absolute Gasteiger partial charge is 0.248 e. The molecule has 0 saturated heterocycles. The number of para-hydroxylation sites is 1. The van der Waals surface area contributed by atoms with Crippen molar-refractivity contribution in [3.63, 3.8) is 0 Å². The minimum absolute atomic E-state index is 0.123. The van der Waals surface area contributed by atoms with Crippen LogP contribution in [0.4, 0.5) is 5.69 Å². The molecule has 8 heteroatoms. The molecule has 1 amide bonds. The molecule has 3 rings (SSSR count). The van der Waals surface area contributed by atoms with Crippen molar-refractivity contribution in [3.8, 4) is 5.69 Å². The fraction of sp³-hybridized carbons (Fsp3) is 0.217. The average Bonchev–Trinajstić information content (AvgIpc) is 3.02. The average molecular weight is 439 g/mol. The molecule has 0 unspecified atom stereocenters. The molecule has 0 atom stereocenters. The highest BCUT2D eigenvalue weighted by atomic mass is 32.2. The summed E-state index contributed by atoms with van der Waals surface area (Å²) in [7, 11) is -0.652. The fourth-order valence-corrected chi connectivity index (χ4v) is 4.09. The van der Waals surface area contributed by atoms with Crippen LogP contribution in [-0.2, 0) is 14.8 Å². The number of sulfonamides is 1. The molecule has 162 valence electrons. The first-order valence-electron chi connectivity index (χ1n) is 9.75. The second-order valence-electron chi connectivity index (χ2n) is 7.42. The number of nitrogens with zero attached hydrogens (tertiary/aromatic N) is 3. The van der Waals surface area contributed by atoms with Gasteiger partial charge in [-0.3, -0.25) is 4.79 Å². The van der Waals surface area contributed by atoms with Crippen molar-refractivity contribution >= 4 is 27.7 Å². The van der Waals surface area contributed by atoms with Crippen molar-refractivity contribution in [2.24, 2.45) is 0 Å². The molecular formula is C23H26N4O3S. The van der Waals surface area contributed by atoms with Gasteiger partial charge in [-0.15, -0.1) is 0 Å². The summed E-state index contributed by atoms with van der Waals surface area (Å²) < 4.78 is 27.7.